The van der Waals surface area contributed by atoms with Gasteiger partial charge in [0.25, 0.3) is 0 Å². The molecule has 1 amide bonds. The minimum Gasteiger partial charge on any atom is -0.495 e. The van der Waals surface area contributed by atoms with Crippen molar-refractivity contribution in [1.29, 1.82) is 0 Å². The van der Waals surface area contributed by atoms with Gasteiger partial charge in [-0.2, -0.15) is 0 Å². The second-order valence-electron chi connectivity index (χ2n) is 4.37. The fourth-order valence-corrected chi connectivity index (χ4v) is 2.07. The Bertz CT molecular complexity index is 431. The van der Waals surface area contributed by atoms with Gasteiger partial charge in [0.15, 0.2) is 0 Å². The molecule has 1 unspecified atom stereocenters. The third kappa shape index (κ3) is 2.42. The summed E-state index contributed by atoms with van der Waals surface area (Å²) in [6.45, 7) is 2.31. The van der Waals surface area contributed by atoms with Crippen LogP contribution in [0.1, 0.15) is 18.4 Å². The quantitative estimate of drug-likeness (QED) is 0.845. The first-order valence-corrected chi connectivity index (χ1v) is 5.75. The lowest BCUT2D eigenvalue weighted by Gasteiger charge is -2.31. The van der Waals surface area contributed by atoms with E-state index < -0.39 is 6.10 Å². The van der Waals surface area contributed by atoms with E-state index in [1.807, 2.05) is 25.1 Å². The molecule has 0 aliphatic carbocycles. The van der Waals surface area contributed by atoms with Gasteiger partial charge in [0.2, 0.25) is 5.91 Å². The van der Waals surface area contributed by atoms with Crippen molar-refractivity contribution >= 4 is 11.6 Å². The van der Waals surface area contributed by atoms with Crippen LogP contribution in [0.4, 0.5) is 5.69 Å². The van der Waals surface area contributed by atoms with Crippen LogP contribution in [0.25, 0.3) is 0 Å². The summed E-state index contributed by atoms with van der Waals surface area (Å²) in [5, 5.41) is 9.66. The van der Waals surface area contributed by atoms with E-state index in [-0.39, 0.29) is 5.91 Å². The minimum absolute atomic E-state index is 0.0409. The number of piperidine rings is 1. The van der Waals surface area contributed by atoms with Gasteiger partial charge in [-0.15, -0.1) is 0 Å². The number of aryl methyl sites for hydroxylation is 1. The zero-order valence-electron chi connectivity index (χ0n) is 10.1. The summed E-state index contributed by atoms with van der Waals surface area (Å²) in [7, 11) is 1.58. The maximum Gasteiger partial charge on any atom is 0.227 e. The molecule has 4 heteroatoms. The molecular weight excluding hydrogens is 218 g/mol. The van der Waals surface area contributed by atoms with Crippen molar-refractivity contribution in [3.05, 3.63) is 23.8 Å². The largest absolute Gasteiger partial charge is 0.495 e. The number of methoxy groups -OCH3 is 1. The number of aliphatic hydroxyl groups is 1. The molecule has 0 bridgehead atoms. The van der Waals surface area contributed by atoms with Crippen molar-refractivity contribution < 1.29 is 14.6 Å². The van der Waals surface area contributed by atoms with Gasteiger partial charge < -0.3 is 14.7 Å². The summed E-state index contributed by atoms with van der Waals surface area (Å²) in [5.74, 6) is 0.706. The second kappa shape index (κ2) is 4.75. The van der Waals surface area contributed by atoms with Gasteiger partial charge in [-0.1, -0.05) is 6.07 Å². The minimum atomic E-state index is -0.446. The Morgan fingerprint density at radius 1 is 1.47 bits per heavy atom. The van der Waals surface area contributed by atoms with Crippen molar-refractivity contribution in [1.82, 2.24) is 0 Å². The monoisotopic (exact) mass is 235 g/mol. The first kappa shape index (κ1) is 11.9. The molecule has 1 saturated heterocycles. The number of benzene rings is 1. The third-order valence-corrected chi connectivity index (χ3v) is 3.01. The van der Waals surface area contributed by atoms with Crippen molar-refractivity contribution in [2.45, 2.75) is 25.9 Å². The Morgan fingerprint density at radius 3 is 2.94 bits per heavy atom. The molecular formula is C13H17NO3. The molecule has 2 rings (SSSR count). The number of carbonyl (C=O) groups is 1. The summed E-state index contributed by atoms with van der Waals surface area (Å²) < 4.78 is 5.26. The molecule has 1 fully saturated rings. The molecule has 0 saturated carbocycles. The lowest BCUT2D eigenvalue weighted by molar-refractivity contribution is -0.121. The van der Waals surface area contributed by atoms with Crippen LogP contribution in [0, 0.1) is 6.92 Å². The first-order chi connectivity index (χ1) is 8.11. The normalized spacial score (nSPS) is 20.5. The lowest BCUT2D eigenvalue weighted by Crippen LogP contribution is -2.42. The van der Waals surface area contributed by atoms with E-state index in [1.165, 1.54) is 0 Å². The zero-order chi connectivity index (χ0) is 12.4. The highest BCUT2D eigenvalue weighted by Crippen LogP contribution is 2.31. The molecule has 4 nitrogen and oxygen atoms in total. The Hall–Kier alpha value is -1.55. The zero-order valence-corrected chi connectivity index (χ0v) is 10.1. The highest BCUT2D eigenvalue weighted by Gasteiger charge is 2.27. The predicted molar refractivity (Wildman–Crippen MR) is 65.3 cm³/mol. The van der Waals surface area contributed by atoms with Crippen molar-refractivity contribution in [2.24, 2.45) is 0 Å². The highest BCUT2D eigenvalue weighted by molar-refractivity contribution is 5.95. The van der Waals surface area contributed by atoms with E-state index in [0.717, 1.165) is 11.3 Å². The summed E-state index contributed by atoms with van der Waals surface area (Å²) in [4.78, 5) is 13.5. The Balaban J connectivity index is 2.37. The van der Waals surface area contributed by atoms with Gasteiger partial charge in [0, 0.05) is 6.42 Å². The van der Waals surface area contributed by atoms with Crippen LogP contribution in [0.15, 0.2) is 18.2 Å². The molecule has 0 aromatic heterocycles. The smallest absolute Gasteiger partial charge is 0.227 e. The van der Waals surface area contributed by atoms with Crippen molar-refractivity contribution in [2.75, 3.05) is 18.6 Å². The van der Waals surface area contributed by atoms with E-state index in [4.69, 9.17) is 4.74 Å². The average Bonchev–Trinajstić information content (AvgIpc) is 2.32. The summed E-state index contributed by atoms with van der Waals surface area (Å²) in [6.07, 6.45) is 0.486. The maximum atomic E-state index is 11.9. The van der Waals surface area contributed by atoms with Gasteiger partial charge in [0.1, 0.15) is 5.75 Å². The number of aliphatic hydroxyl groups excluding tert-OH is 1. The topological polar surface area (TPSA) is 49.8 Å². The Kier molecular flexibility index (Phi) is 3.33. The third-order valence-electron chi connectivity index (χ3n) is 3.01. The molecule has 1 N–H and O–H groups in total. The predicted octanol–water partition coefficient (Wildman–Crippen LogP) is 1.49. The number of amides is 1. The summed E-state index contributed by atoms with van der Waals surface area (Å²) in [6, 6.07) is 5.70. The number of hydrogen-bond donors (Lipinski definition) is 1. The van der Waals surface area contributed by atoms with Crippen LogP contribution >= 0.6 is 0 Å². The number of nitrogens with zero attached hydrogens (tertiary/aromatic N) is 1. The standard InChI is InChI=1S/C13H17NO3/c1-9-3-5-12(17-2)11(7-9)14-8-10(15)4-6-13(14)16/h3,5,7,10,15H,4,6,8H2,1-2H3. The number of β-amino-alcohol motifs (C(OH)–C–C–N with tert-alkyl or cyclic N) is 1. The molecule has 0 spiro atoms. The molecule has 17 heavy (non-hydrogen) atoms. The fourth-order valence-electron chi connectivity index (χ4n) is 2.07. The van der Waals surface area contributed by atoms with Gasteiger partial charge in [-0.3, -0.25) is 4.79 Å². The van der Waals surface area contributed by atoms with Crippen LogP contribution in [-0.2, 0) is 4.79 Å². The molecule has 1 aromatic rings. The van der Waals surface area contributed by atoms with E-state index in [9.17, 15) is 9.90 Å². The van der Waals surface area contributed by atoms with Gasteiger partial charge >= 0.3 is 0 Å². The number of hydrogen-bond acceptors (Lipinski definition) is 3. The SMILES string of the molecule is COc1ccc(C)cc1N1CC(O)CCC1=O. The van der Waals surface area contributed by atoms with Crippen LogP contribution in [0.5, 0.6) is 5.75 Å². The van der Waals surface area contributed by atoms with Crippen molar-refractivity contribution in [3.8, 4) is 5.75 Å². The number of rotatable bonds is 2. The molecule has 1 aliphatic rings. The summed E-state index contributed by atoms with van der Waals surface area (Å²) in [5.41, 5.74) is 1.81. The van der Waals surface area contributed by atoms with E-state index in [2.05, 4.69) is 0 Å². The first-order valence-electron chi connectivity index (χ1n) is 5.75. The molecule has 1 atom stereocenters. The van der Waals surface area contributed by atoms with Crippen molar-refractivity contribution in [3.63, 3.8) is 0 Å². The van der Waals surface area contributed by atoms with Crippen LogP contribution in [-0.4, -0.2) is 30.8 Å². The van der Waals surface area contributed by atoms with E-state index >= 15 is 0 Å². The second-order valence-corrected chi connectivity index (χ2v) is 4.37. The van der Waals surface area contributed by atoms with Crippen LogP contribution < -0.4 is 9.64 Å². The van der Waals surface area contributed by atoms with E-state index in [1.54, 1.807) is 12.0 Å². The van der Waals surface area contributed by atoms with Gasteiger partial charge in [-0.25, -0.2) is 0 Å². The summed E-state index contributed by atoms with van der Waals surface area (Å²) >= 11 is 0. The highest BCUT2D eigenvalue weighted by atomic mass is 16.5. The molecule has 92 valence electrons. The lowest BCUT2D eigenvalue weighted by atomic mass is 10.1. The molecule has 1 aliphatic heterocycles. The number of ether oxygens (including phenoxy) is 1. The van der Waals surface area contributed by atoms with Gasteiger partial charge in [-0.05, 0) is 31.0 Å². The maximum absolute atomic E-state index is 11.9. The fraction of sp³-hybridized carbons (Fsp3) is 0.462. The number of carbonyl (C=O) groups excluding carboxylic acids is 1. The molecule has 1 aromatic carbocycles. The average molecular weight is 235 g/mol. The van der Waals surface area contributed by atoms with E-state index in [0.29, 0.717) is 25.1 Å². The molecule has 0 radical (unpaired) electrons. The van der Waals surface area contributed by atoms with Gasteiger partial charge in [0.05, 0.1) is 25.4 Å². The Morgan fingerprint density at radius 2 is 2.24 bits per heavy atom. The van der Waals surface area contributed by atoms with Crippen LogP contribution in [0.3, 0.4) is 0 Å². The number of anilines is 1. The van der Waals surface area contributed by atoms with Crippen LogP contribution in [0.2, 0.25) is 0 Å². The molecule has 1 heterocycles. The Labute approximate surface area is 101 Å².